The van der Waals surface area contributed by atoms with E-state index in [-0.39, 0.29) is 5.41 Å². The number of H-pyrrole nitrogens is 1. The largest absolute Gasteiger partial charge is 0.479 e. The van der Waals surface area contributed by atoms with Crippen LogP contribution in [0.1, 0.15) is 87.5 Å². The summed E-state index contributed by atoms with van der Waals surface area (Å²) < 4.78 is 6.24. The van der Waals surface area contributed by atoms with Gasteiger partial charge in [0.2, 0.25) is 0 Å². The van der Waals surface area contributed by atoms with Crippen LogP contribution in [-0.4, -0.2) is 56.2 Å². The minimum atomic E-state index is -1.11. The number of hydrogen-bond acceptors (Lipinski definition) is 6. The number of aromatic nitrogens is 3. The summed E-state index contributed by atoms with van der Waals surface area (Å²) >= 11 is 0. The van der Waals surface area contributed by atoms with Crippen LogP contribution in [-0.2, 0) is 29.0 Å². The number of nitrogens with zero attached hydrogens (tertiary/aromatic N) is 4. The van der Waals surface area contributed by atoms with Crippen molar-refractivity contribution in [3.05, 3.63) is 64.5 Å². The summed E-state index contributed by atoms with van der Waals surface area (Å²) in [7, 11) is 0. The highest BCUT2D eigenvalue weighted by molar-refractivity contribution is 5.88. The number of imidazole rings is 1. The molecule has 8 heteroatoms. The summed E-state index contributed by atoms with van der Waals surface area (Å²) in [5.41, 5.74) is 7.69. The molecule has 41 heavy (non-hydrogen) atoms. The summed E-state index contributed by atoms with van der Waals surface area (Å²) in [6.07, 6.45) is 5.59. The number of carboxylic acid groups (broad SMARTS) is 1. The van der Waals surface area contributed by atoms with E-state index in [1.54, 1.807) is 6.20 Å². The molecule has 5 rings (SSSR count). The zero-order chi connectivity index (χ0) is 29.5. The lowest BCUT2D eigenvalue weighted by atomic mass is 9.81. The molecule has 0 saturated carbocycles. The Labute approximate surface area is 244 Å². The number of anilines is 1. The number of benzene rings is 1. The summed E-state index contributed by atoms with van der Waals surface area (Å²) in [6, 6.07) is 6.73. The molecular weight excluding hydrogens is 514 g/mol. The number of nitrogens with one attached hydrogen (secondary N) is 1. The summed E-state index contributed by atoms with van der Waals surface area (Å²) in [5, 5.41) is 10.4. The fourth-order valence-corrected chi connectivity index (χ4v) is 6.25. The molecule has 8 nitrogen and oxygen atoms in total. The first-order valence-corrected chi connectivity index (χ1v) is 14.8. The van der Waals surface area contributed by atoms with E-state index in [2.05, 4.69) is 58.7 Å². The minimum absolute atomic E-state index is 0.259. The van der Waals surface area contributed by atoms with Gasteiger partial charge >= 0.3 is 5.97 Å². The number of carbonyl (C=O) groups is 1. The number of rotatable bonds is 7. The predicted octanol–water partition coefficient (Wildman–Crippen LogP) is 6.21. The van der Waals surface area contributed by atoms with Crippen LogP contribution in [0, 0.1) is 19.3 Å². The zero-order valence-electron chi connectivity index (χ0n) is 25.7. The average molecular weight is 560 g/mol. The molecule has 2 N–H and O–H groups in total. The third-order valence-electron chi connectivity index (χ3n) is 8.48. The van der Waals surface area contributed by atoms with Gasteiger partial charge in [0.15, 0.2) is 6.10 Å². The first-order chi connectivity index (χ1) is 19.3. The highest BCUT2D eigenvalue weighted by Crippen LogP contribution is 2.45. The maximum absolute atomic E-state index is 12.8. The molecule has 1 atom stereocenters. The highest BCUT2D eigenvalue weighted by Gasteiger charge is 2.36. The molecule has 1 fully saturated rings. The molecule has 0 amide bonds. The molecule has 2 aromatic heterocycles. The standard InChI is InChI=1S/C33H45N5O3/c1-21-27(24-8-9-25-19-37(15-10-23(25)18-24)20-26-34-13-14-35-26)29(38-16-11-33(6,7)12-17-38)28(22(2)36-21)30(31(39)40)41-32(3,4)5/h8-9,13-14,18,30H,10-12,15-17,19-20H2,1-7H3,(H,34,35)(H,39,40)/t30-/m0/s1. The summed E-state index contributed by atoms with van der Waals surface area (Å²) in [5.74, 6) is -0.000859. The van der Waals surface area contributed by atoms with Gasteiger partial charge in [-0.2, -0.15) is 0 Å². The Kier molecular flexibility index (Phi) is 8.01. The van der Waals surface area contributed by atoms with Crippen molar-refractivity contribution in [2.24, 2.45) is 5.41 Å². The molecule has 0 bridgehead atoms. The van der Waals surface area contributed by atoms with E-state index in [1.165, 1.54) is 11.1 Å². The van der Waals surface area contributed by atoms with Gasteiger partial charge in [-0.25, -0.2) is 9.78 Å². The Balaban J connectivity index is 1.60. The van der Waals surface area contributed by atoms with Gasteiger partial charge in [0.25, 0.3) is 0 Å². The molecular formula is C33H45N5O3. The third-order valence-corrected chi connectivity index (χ3v) is 8.48. The fraction of sp³-hybridized carbons (Fsp3) is 0.545. The van der Waals surface area contributed by atoms with Crippen LogP contribution in [0.3, 0.4) is 0 Å². The van der Waals surface area contributed by atoms with Crippen molar-refractivity contribution >= 4 is 11.7 Å². The normalized spacial score (nSPS) is 18.3. The second-order valence-electron chi connectivity index (χ2n) is 13.5. The molecule has 2 aliphatic heterocycles. The van der Waals surface area contributed by atoms with Crippen LogP contribution in [0.25, 0.3) is 11.1 Å². The van der Waals surface area contributed by atoms with Crippen LogP contribution in [0.4, 0.5) is 5.69 Å². The number of fused-ring (bicyclic) bond motifs is 1. The lowest BCUT2D eigenvalue weighted by Gasteiger charge is -2.41. The maximum atomic E-state index is 12.8. The summed E-state index contributed by atoms with van der Waals surface area (Å²) in [6.45, 7) is 18.7. The molecule has 220 valence electrons. The van der Waals surface area contributed by atoms with Crippen LogP contribution in [0.2, 0.25) is 0 Å². The SMILES string of the molecule is Cc1nc(C)c([C@H](OC(C)(C)C)C(=O)O)c(N2CCC(C)(C)CC2)c1-c1ccc2c(c1)CCN(Cc1ncc[nH]1)C2. The number of pyridine rings is 1. The molecule has 0 radical (unpaired) electrons. The molecule has 0 spiro atoms. The van der Waals surface area contributed by atoms with Gasteiger partial charge in [-0.3, -0.25) is 9.88 Å². The Morgan fingerprint density at radius 3 is 2.49 bits per heavy atom. The number of piperidine rings is 1. The average Bonchev–Trinajstić information content (AvgIpc) is 3.39. The molecule has 0 unspecified atom stereocenters. The van der Waals surface area contributed by atoms with E-state index in [9.17, 15) is 9.90 Å². The Bertz CT molecular complexity index is 1400. The molecule has 2 aliphatic rings. The Morgan fingerprint density at radius 2 is 1.85 bits per heavy atom. The molecule has 3 aromatic rings. The first kappa shape index (κ1) is 29.3. The number of carboxylic acids is 1. The number of aromatic amines is 1. The fourth-order valence-electron chi connectivity index (χ4n) is 6.25. The zero-order valence-corrected chi connectivity index (χ0v) is 25.7. The molecule has 1 saturated heterocycles. The van der Waals surface area contributed by atoms with Crippen LogP contribution >= 0.6 is 0 Å². The topological polar surface area (TPSA) is 94.6 Å². The lowest BCUT2D eigenvalue weighted by Crippen LogP contribution is -2.39. The van der Waals surface area contributed by atoms with Gasteiger partial charge in [0, 0.05) is 61.1 Å². The number of aryl methyl sites for hydroxylation is 2. The van der Waals surface area contributed by atoms with Gasteiger partial charge in [-0.15, -0.1) is 0 Å². The van der Waals surface area contributed by atoms with E-state index >= 15 is 0 Å². The smallest absolute Gasteiger partial charge is 0.337 e. The van der Waals surface area contributed by atoms with Gasteiger partial charge in [-0.1, -0.05) is 32.0 Å². The van der Waals surface area contributed by atoms with Crippen LogP contribution in [0.15, 0.2) is 30.6 Å². The van der Waals surface area contributed by atoms with Gasteiger partial charge in [-0.05, 0) is 76.0 Å². The van der Waals surface area contributed by atoms with Gasteiger partial charge in [0.1, 0.15) is 5.82 Å². The van der Waals surface area contributed by atoms with Gasteiger partial charge in [0.05, 0.1) is 17.8 Å². The van der Waals surface area contributed by atoms with Crippen LogP contribution < -0.4 is 4.90 Å². The molecule has 4 heterocycles. The minimum Gasteiger partial charge on any atom is -0.479 e. The van der Waals surface area contributed by atoms with Gasteiger partial charge < -0.3 is 19.7 Å². The van der Waals surface area contributed by atoms with Crippen molar-refractivity contribution in [2.75, 3.05) is 24.5 Å². The monoisotopic (exact) mass is 559 g/mol. The van der Waals surface area contributed by atoms with Crippen molar-refractivity contribution in [3.63, 3.8) is 0 Å². The van der Waals surface area contributed by atoms with E-state index in [0.717, 1.165) is 80.3 Å². The van der Waals surface area contributed by atoms with Crippen molar-refractivity contribution in [1.29, 1.82) is 0 Å². The van der Waals surface area contributed by atoms with E-state index in [1.807, 2.05) is 33.9 Å². The van der Waals surface area contributed by atoms with Crippen molar-refractivity contribution in [3.8, 4) is 11.1 Å². The van der Waals surface area contributed by atoms with E-state index in [0.29, 0.717) is 11.3 Å². The highest BCUT2D eigenvalue weighted by atomic mass is 16.5. The number of aliphatic carboxylic acids is 1. The second-order valence-corrected chi connectivity index (χ2v) is 13.5. The number of hydrogen-bond donors (Lipinski definition) is 2. The Hall–Kier alpha value is -3.23. The van der Waals surface area contributed by atoms with Crippen molar-refractivity contribution in [1.82, 2.24) is 19.9 Å². The quantitative estimate of drug-likeness (QED) is 0.355. The van der Waals surface area contributed by atoms with E-state index in [4.69, 9.17) is 9.72 Å². The van der Waals surface area contributed by atoms with Crippen molar-refractivity contribution in [2.45, 2.75) is 92.5 Å². The third kappa shape index (κ3) is 6.49. The first-order valence-electron chi connectivity index (χ1n) is 14.8. The van der Waals surface area contributed by atoms with Crippen LogP contribution in [0.5, 0.6) is 0 Å². The number of ether oxygens (including phenoxy) is 1. The van der Waals surface area contributed by atoms with Crippen molar-refractivity contribution < 1.29 is 14.6 Å². The molecule has 1 aromatic carbocycles. The maximum Gasteiger partial charge on any atom is 0.337 e. The lowest BCUT2D eigenvalue weighted by molar-refractivity contribution is -0.160. The summed E-state index contributed by atoms with van der Waals surface area (Å²) in [4.78, 5) is 30.1. The second kappa shape index (κ2) is 11.2. The predicted molar refractivity (Wildman–Crippen MR) is 162 cm³/mol. The molecule has 0 aliphatic carbocycles. The van der Waals surface area contributed by atoms with E-state index < -0.39 is 17.7 Å². The Morgan fingerprint density at radius 1 is 1.12 bits per heavy atom.